The Labute approximate surface area is 96.0 Å². The van der Waals surface area contributed by atoms with Crippen LogP contribution in [-0.2, 0) is 9.53 Å². The SMILES string of the molecule is CCCC(=O)N(CCOC)CCC(N)=NO. The summed E-state index contributed by atoms with van der Waals surface area (Å²) >= 11 is 0. The monoisotopic (exact) mass is 231 g/mol. The van der Waals surface area contributed by atoms with Crippen molar-refractivity contribution in [3.63, 3.8) is 0 Å². The summed E-state index contributed by atoms with van der Waals surface area (Å²) in [5.74, 6) is 0.206. The first-order valence-corrected chi connectivity index (χ1v) is 5.38. The number of nitrogens with zero attached hydrogens (tertiary/aromatic N) is 2. The molecule has 6 heteroatoms. The molecule has 0 spiro atoms. The zero-order valence-corrected chi connectivity index (χ0v) is 9.98. The van der Waals surface area contributed by atoms with Crippen molar-refractivity contribution in [1.82, 2.24) is 4.90 Å². The van der Waals surface area contributed by atoms with Crippen molar-refractivity contribution < 1.29 is 14.7 Å². The van der Waals surface area contributed by atoms with E-state index in [-0.39, 0.29) is 11.7 Å². The van der Waals surface area contributed by atoms with Crippen LogP contribution < -0.4 is 5.73 Å². The highest BCUT2D eigenvalue weighted by atomic mass is 16.5. The molecule has 6 nitrogen and oxygen atoms in total. The lowest BCUT2D eigenvalue weighted by Crippen LogP contribution is -2.36. The molecule has 1 amide bonds. The summed E-state index contributed by atoms with van der Waals surface area (Å²) < 4.78 is 4.93. The molecule has 3 N–H and O–H groups in total. The normalized spacial score (nSPS) is 11.5. The molecule has 0 rings (SSSR count). The van der Waals surface area contributed by atoms with E-state index in [0.29, 0.717) is 32.5 Å². The van der Waals surface area contributed by atoms with Crippen molar-refractivity contribution in [3.8, 4) is 0 Å². The topological polar surface area (TPSA) is 88.2 Å². The van der Waals surface area contributed by atoms with E-state index in [9.17, 15) is 4.79 Å². The first-order chi connectivity index (χ1) is 7.65. The lowest BCUT2D eigenvalue weighted by molar-refractivity contribution is -0.131. The maximum absolute atomic E-state index is 11.7. The molecule has 94 valence electrons. The molecule has 0 heterocycles. The number of carbonyl (C=O) groups excluding carboxylic acids is 1. The molecule has 0 aromatic rings. The number of ether oxygens (including phenoxy) is 1. The molecule has 16 heavy (non-hydrogen) atoms. The standard InChI is InChI=1S/C10H21N3O3/c1-3-4-10(14)13(7-8-16-2)6-5-9(11)12-15/h15H,3-8H2,1-2H3,(H2,11,12). The molecule has 0 unspecified atom stereocenters. The minimum atomic E-state index is 0.0743. The van der Waals surface area contributed by atoms with Gasteiger partial charge in [-0.25, -0.2) is 0 Å². The fraction of sp³-hybridized carbons (Fsp3) is 0.800. The van der Waals surface area contributed by atoms with Gasteiger partial charge in [0.05, 0.1) is 6.61 Å². The molecule has 0 aromatic carbocycles. The highest BCUT2D eigenvalue weighted by molar-refractivity contribution is 5.81. The van der Waals surface area contributed by atoms with E-state index < -0.39 is 0 Å². The van der Waals surface area contributed by atoms with Gasteiger partial charge in [-0.1, -0.05) is 12.1 Å². The van der Waals surface area contributed by atoms with Gasteiger partial charge in [0.1, 0.15) is 5.84 Å². The van der Waals surface area contributed by atoms with E-state index in [1.165, 1.54) is 0 Å². The fourth-order valence-corrected chi connectivity index (χ4v) is 1.23. The molecular formula is C10H21N3O3. The van der Waals surface area contributed by atoms with Gasteiger partial charge in [0.2, 0.25) is 5.91 Å². The largest absolute Gasteiger partial charge is 0.409 e. The summed E-state index contributed by atoms with van der Waals surface area (Å²) in [7, 11) is 1.59. The molecule has 0 aliphatic heterocycles. The molecule has 0 aliphatic rings. The van der Waals surface area contributed by atoms with E-state index >= 15 is 0 Å². The Kier molecular flexibility index (Phi) is 8.24. The second-order valence-electron chi connectivity index (χ2n) is 3.46. The molecule has 0 fully saturated rings. The van der Waals surface area contributed by atoms with Gasteiger partial charge in [0.25, 0.3) is 0 Å². The van der Waals surface area contributed by atoms with E-state index in [2.05, 4.69) is 5.16 Å². The van der Waals surface area contributed by atoms with Crippen LogP contribution in [0.5, 0.6) is 0 Å². The van der Waals surface area contributed by atoms with Crippen LogP contribution in [-0.4, -0.2) is 48.7 Å². The Morgan fingerprint density at radius 2 is 2.12 bits per heavy atom. The molecule has 0 saturated carbocycles. The smallest absolute Gasteiger partial charge is 0.222 e. The van der Waals surface area contributed by atoms with E-state index in [1.54, 1.807) is 12.0 Å². The second kappa shape index (κ2) is 8.96. The van der Waals surface area contributed by atoms with Crippen LogP contribution in [0.25, 0.3) is 0 Å². The predicted molar refractivity (Wildman–Crippen MR) is 61.4 cm³/mol. The highest BCUT2D eigenvalue weighted by Crippen LogP contribution is 1.99. The third-order valence-corrected chi connectivity index (χ3v) is 2.15. The summed E-state index contributed by atoms with van der Waals surface area (Å²) in [6.07, 6.45) is 1.70. The number of carbonyl (C=O) groups is 1. The van der Waals surface area contributed by atoms with Gasteiger partial charge in [-0.3, -0.25) is 4.79 Å². The van der Waals surface area contributed by atoms with Gasteiger partial charge < -0.3 is 20.6 Å². The van der Waals surface area contributed by atoms with E-state index in [1.807, 2.05) is 6.92 Å². The third kappa shape index (κ3) is 6.23. The van der Waals surface area contributed by atoms with E-state index in [0.717, 1.165) is 6.42 Å². The Balaban J connectivity index is 4.14. The Morgan fingerprint density at radius 1 is 1.44 bits per heavy atom. The zero-order chi connectivity index (χ0) is 12.4. The minimum Gasteiger partial charge on any atom is -0.409 e. The fourth-order valence-electron chi connectivity index (χ4n) is 1.23. The molecule has 0 bridgehead atoms. The number of amides is 1. The van der Waals surface area contributed by atoms with Crippen LogP contribution >= 0.6 is 0 Å². The van der Waals surface area contributed by atoms with Crippen molar-refractivity contribution in [2.24, 2.45) is 10.9 Å². The Morgan fingerprint density at radius 3 is 2.62 bits per heavy atom. The van der Waals surface area contributed by atoms with Crippen molar-refractivity contribution in [2.45, 2.75) is 26.2 Å². The van der Waals surface area contributed by atoms with Crippen molar-refractivity contribution >= 4 is 11.7 Å². The second-order valence-corrected chi connectivity index (χ2v) is 3.46. The molecule has 0 aliphatic carbocycles. The molecule has 0 saturated heterocycles. The van der Waals surface area contributed by atoms with Crippen LogP contribution in [0.15, 0.2) is 5.16 Å². The number of nitrogens with two attached hydrogens (primary N) is 1. The first kappa shape index (κ1) is 14.7. The van der Waals surface area contributed by atoms with Gasteiger partial charge in [-0.15, -0.1) is 0 Å². The van der Waals surface area contributed by atoms with Crippen LogP contribution in [0.3, 0.4) is 0 Å². The highest BCUT2D eigenvalue weighted by Gasteiger charge is 2.12. The van der Waals surface area contributed by atoms with Gasteiger partial charge in [-0.05, 0) is 6.42 Å². The quantitative estimate of drug-likeness (QED) is 0.274. The summed E-state index contributed by atoms with van der Waals surface area (Å²) in [5.41, 5.74) is 5.35. The minimum absolute atomic E-state index is 0.0743. The molecule has 0 atom stereocenters. The summed E-state index contributed by atoms with van der Waals surface area (Å²) in [6.45, 7) is 3.44. The number of hydrogen-bond donors (Lipinski definition) is 2. The Bertz CT molecular complexity index is 231. The predicted octanol–water partition coefficient (Wildman–Crippen LogP) is 0.398. The summed E-state index contributed by atoms with van der Waals surface area (Å²) in [6, 6.07) is 0. The molecule has 0 aromatic heterocycles. The van der Waals surface area contributed by atoms with E-state index in [4.69, 9.17) is 15.7 Å². The zero-order valence-electron chi connectivity index (χ0n) is 9.98. The summed E-state index contributed by atoms with van der Waals surface area (Å²) in [4.78, 5) is 13.3. The van der Waals surface area contributed by atoms with Crippen LogP contribution in [0.4, 0.5) is 0 Å². The summed E-state index contributed by atoms with van der Waals surface area (Å²) in [5, 5.41) is 11.3. The van der Waals surface area contributed by atoms with Crippen molar-refractivity contribution in [2.75, 3.05) is 26.8 Å². The average Bonchev–Trinajstić information content (AvgIpc) is 2.29. The van der Waals surface area contributed by atoms with Crippen molar-refractivity contribution in [3.05, 3.63) is 0 Å². The maximum Gasteiger partial charge on any atom is 0.222 e. The maximum atomic E-state index is 11.7. The van der Waals surface area contributed by atoms with Crippen LogP contribution in [0, 0.1) is 0 Å². The first-order valence-electron chi connectivity index (χ1n) is 5.38. The third-order valence-electron chi connectivity index (χ3n) is 2.15. The lowest BCUT2D eigenvalue weighted by Gasteiger charge is -2.21. The Hall–Kier alpha value is -1.30. The molecular weight excluding hydrogens is 210 g/mol. The number of amidine groups is 1. The van der Waals surface area contributed by atoms with Gasteiger partial charge in [0, 0.05) is 33.0 Å². The van der Waals surface area contributed by atoms with Crippen molar-refractivity contribution in [1.29, 1.82) is 0 Å². The average molecular weight is 231 g/mol. The number of methoxy groups -OCH3 is 1. The van der Waals surface area contributed by atoms with Gasteiger partial charge >= 0.3 is 0 Å². The van der Waals surface area contributed by atoms with Gasteiger partial charge in [0.15, 0.2) is 0 Å². The van der Waals surface area contributed by atoms with Crippen LogP contribution in [0.2, 0.25) is 0 Å². The van der Waals surface area contributed by atoms with Crippen LogP contribution in [0.1, 0.15) is 26.2 Å². The molecule has 0 radical (unpaired) electrons. The number of oxime groups is 1. The number of rotatable bonds is 8. The lowest BCUT2D eigenvalue weighted by atomic mass is 10.2. The number of hydrogen-bond acceptors (Lipinski definition) is 4. The van der Waals surface area contributed by atoms with Gasteiger partial charge in [-0.2, -0.15) is 0 Å².